The van der Waals surface area contributed by atoms with Crippen LogP contribution in [-0.4, -0.2) is 4.32 Å². The van der Waals surface area contributed by atoms with Gasteiger partial charge in [-0.2, -0.15) is 0 Å². The van der Waals surface area contributed by atoms with Gasteiger partial charge in [0.05, 0.1) is 11.4 Å². The highest BCUT2D eigenvalue weighted by molar-refractivity contribution is 8.11. The summed E-state index contributed by atoms with van der Waals surface area (Å²) in [6, 6.07) is 12.7. The minimum atomic E-state index is 0.559. The van der Waals surface area contributed by atoms with Crippen LogP contribution in [0.3, 0.4) is 0 Å². The lowest BCUT2D eigenvalue weighted by molar-refractivity contribution is 1.27. The molecular weight excluding hydrogens is 282 g/mol. The molecule has 0 aliphatic rings. The molecule has 1 nitrogen and oxygen atoms in total. The number of aryl methyl sites for hydroxylation is 4. The normalized spacial score (nSPS) is 10.4. The van der Waals surface area contributed by atoms with Crippen molar-refractivity contribution in [3.63, 3.8) is 0 Å². The molecule has 0 unspecified atom stereocenters. The average molecular weight is 301 g/mol. The van der Waals surface area contributed by atoms with Crippen LogP contribution in [0.1, 0.15) is 22.3 Å². The van der Waals surface area contributed by atoms with Crippen molar-refractivity contribution in [2.45, 2.75) is 27.7 Å². The summed E-state index contributed by atoms with van der Waals surface area (Å²) in [5, 5.41) is 0. The van der Waals surface area contributed by atoms with Crippen molar-refractivity contribution in [2.24, 2.45) is 0 Å². The molecule has 0 aliphatic carbocycles. The van der Waals surface area contributed by atoms with Gasteiger partial charge in [0.2, 0.25) is 0 Å². The average Bonchev–Trinajstić information content (AvgIpc) is 2.34. The number of hydrogen-bond acceptors (Lipinski definition) is 1. The van der Waals surface area contributed by atoms with Crippen molar-refractivity contribution < 1.29 is 0 Å². The predicted molar refractivity (Wildman–Crippen MR) is 95.6 cm³/mol. The zero-order valence-electron chi connectivity index (χ0n) is 12.3. The first-order chi connectivity index (χ1) is 9.40. The van der Waals surface area contributed by atoms with E-state index in [0.717, 1.165) is 11.4 Å². The Hall–Kier alpha value is -1.32. The van der Waals surface area contributed by atoms with Gasteiger partial charge in [0.1, 0.15) is 4.32 Å². The molecule has 0 saturated heterocycles. The summed E-state index contributed by atoms with van der Waals surface area (Å²) in [5.74, 6) is 0. The van der Waals surface area contributed by atoms with Crippen LogP contribution in [0, 0.1) is 27.7 Å². The Labute approximate surface area is 132 Å². The Morgan fingerprint density at radius 3 is 1.55 bits per heavy atom. The lowest BCUT2D eigenvalue weighted by atomic mass is 10.1. The highest BCUT2D eigenvalue weighted by Crippen LogP contribution is 2.33. The van der Waals surface area contributed by atoms with Crippen molar-refractivity contribution in [3.8, 4) is 0 Å². The molecule has 0 aromatic heterocycles. The lowest BCUT2D eigenvalue weighted by Gasteiger charge is -2.26. The summed E-state index contributed by atoms with van der Waals surface area (Å²) in [6.07, 6.45) is 0. The van der Waals surface area contributed by atoms with Crippen molar-refractivity contribution in [3.05, 3.63) is 58.7 Å². The predicted octanol–water partition coefficient (Wildman–Crippen LogP) is 5.27. The molecule has 2 aromatic carbocycles. The van der Waals surface area contributed by atoms with E-state index in [9.17, 15) is 0 Å². The number of rotatable bonds is 2. The molecular formula is C17H19NS2. The summed E-state index contributed by atoms with van der Waals surface area (Å²) in [6.45, 7) is 8.39. The first kappa shape index (κ1) is 15.1. The molecule has 20 heavy (non-hydrogen) atoms. The van der Waals surface area contributed by atoms with E-state index in [1.54, 1.807) is 0 Å². The number of hydrogen-bond donors (Lipinski definition) is 1. The molecule has 0 radical (unpaired) electrons. The third kappa shape index (κ3) is 3.05. The van der Waals surface area contributed by atoms with E-state index in [0.29, 0.717) is 4.32 Å². The van der Waals surface area contributed by atoms with Crippen molar-refractivity contribution >= 4 is 40.5 Å². The second-order valence-corrected chi connectivity index (χ2v) is 6.31. The highest BCUT2D eigenvalue weighted by atomic mass is 32.1. The molecule has 0 amide bonds. The van der Waals surface area contributed by atoms with Crippen LogP contribution < -0.4 is 4.90 Å². The largest absolute Gasteiger partial charge is 0.296 e. The van der Waals surface area contributed by atoms with Gasteiger partial charge >= 0.3 is 0 Å². The van der Waals surface area contributed by atoms with E-state index in [4.69, 9.17) is 12.2 Å². The van der Waals surface area contributed by atoms with Gasteiger partial charge in [-0.3, -0.25) is 4.90 Å². The number of nitrogens with zero attached hydrogens (tertiary/aromatic N) is 1. The van der Waals surface area contributed by atoms with Crippen LogP contribution in [0.25, 0.3) is 0 Å². The van der Waals surface area contributed by atoms with Gasteiger partial charge in [-0.1, -0.05) is 47.6 Å². The highest BCUT2D eigenvalue weighted by Gasteiger charge is 2.16. The zero-order chi connectivity index (χ0) is 14.9. The van der Waals surface area contributed by atoms with Crippen LogP contribution in [-0.2, 0) is 0 Å². The fourth-order valence-electron chi connectivity index (χ4n) is 2.45. The maximum atomic E-state index is 5.36. The molecule has 0 saturated carbocycles. The number of benzene rings is 2. The van der Waals surface area contributed by atoms with Gasteiger partial charge in [-0.15, -0.1) is 12.6 Å². The third-order valence-electron chi connectivity index (χ3n) is 3.38. The van der Waals surface area contributed by atoms with Crippen molar-refractivity contribution in [1.82, 2.24) is 0 Å². The topological polar surface area (TPSA) is 3.24 Å². The fourth-order valence-corrected chi connectivity index (χ4v) is 2.86. The summed E-state index contributed by atoms with van der Waals surface area (Å²) >= 11 is 9.78. The molecule has 104 valence electrons. The first-order valence-corrected chi connectivity index (χ1v) is 7.43. The quantitative estimate of drug-likeness (QED) is 0.594. The maximum Gasteiger partial charge on any atom is 0.142 e. The van der Waals surface area contributed by atoms with Gasteiger partial charge in [0.25, 0.3) is 0 Å². The van der Waals surface area contributed by atoms with Crippen LogP contribution in [0.2, 0.25) is 0 Å². The van der Waals surface area contributed by atoms with Crippen LogP contribution in [0.15, 0.2) is 36.4 Å². The van der Waals surface area contributed by atoms with Crippen molar-refractivity contribution in [2.75, 3.05) is 4.90 Å². The van der Waals surface area contributed by atoms with Crippen LogP contribution in [0.5, 0.6) is 0 Å². The lowest BCUT2D eigenvalue weighted by Crippen LogP contribution is -2.21. The first-order valence-electron chi connectivity index (χ1n) is 6.57. The monoisotopic (exact) mass is 301 g/mol. The second-order valence-electron chi connectivity index (χ2n) is 5.20. The molecule has 0 bridgehead atoms. The van der Waals surface area contributed by atoms with Gasteiger partial charge < -0.3 is 0 Å². The van der Waals surface area contributed by atoms with E-state index >= 15 is 0 Å². The van der Waals surface area contributed by atoms with Crippen molar-refractivity contribution in [1.29, 1.82) is 0 Å². The second kappa shape index (κ2) is 5.98. The maximum absolute atomic E-state index is 5.36. The number of thiocarbonyl (C=S) groups is 1. The standard InChI is InChI=1S/C17H19NS2/c1-11-5-7-15(13(3)9-11)18(17(19)20)16-8-6-12(2)10-14(16)4/h5-10H,1-4H3,(H,19,20). The minimum Gasteiger partial charge on any atom is -0.296 e. The molecule has 2 aromatic rings. The van der Waals surface area contributed by atoms with E-state index < -0.39 is 0 Å². The Balaban J connectivity index is 2.59. The molecule has 0 fully saturated rings. The van der Waals surface area contributed by atoms with E-state index in [1.807, 2.05) is 4.90 Å². The molecule has 2 rings (SSSR count). The zero-order valence-corrected chi connectivity index (χ0v) is 14.0. The number of anilines is 2. The Morgan fingerprint density at radius 1 is 0.850 bits per heavy atom. The third-order valence-corrected chi connectivity index (χ3v) is 3.76. The smallest absolute Gasteiger partial charge is 0.142 e. The van der Waals surface area contributed by atoms with E-state index in [1.165, 1.54) is 22.3 Å². The molecule has 0 spiro atoms. The summed E-state index contributed by atoms with van der Waals surface area (Å²) < 4.78 is 0.559. The van der Waals surface area contributed by atoms with Gasteiger partial charge in [-0.25, -0.2) is 0 Å². The van der Waals surface area contributed by atoms with Gasteiger partial charge in [-0.05, 0) is 51.0 Å². The molecule has 0 aliphatic heterocycles. The Morgan fingerprint density at radius 2 is 1.25 bits per heavy atom. The summed E-state index contributed by atoms with van der Waals surface area (Å²) in [7, 11) is 0. The molecule has 0 N–H and O–H groups in total. The van der Waals surface area contributed by atoms with E-state index in [-0.39, 0.29) is 0 Å². The van der Waals surface area contributed by atoms with Crippen LogP contribution >= 0.6 is 24.8 Å². The fraction of sp³-hybridized carbons (Fsp3) is 0.235. The van der Waals surface area contributed by atoms with Gasteiger partial charge in [0.15, 0.2) is 0 Å². The van der Waals surface area contributed by atoms with Crippen LogP contribution in [0.4, 0.5) is 11.4 Å². The minimum absolute atomic E-state index is 0.559. The Kier molecular flexibility index (Phi) is 4.51. The molecule has 3 heteroatoms. The molecule has 0 heterocycles. The molecule has 0 atom stereocenters. The summed E-state index contributed by atoms with van der Waals surface area (Å²) in [5.41, 5.74) is 7.06. The SMILES string of the molecule is Cc1ccc(N(C(=S)S)c2ccc(C)cc2C)c(C)c1. The van der Waals surface area contributed by atoms with Gasteiger partial charge in [0, 0.05) is 0 Å². The van der Waals surface area contributed by atoms with E-state index in [2.05, 4.69) is 76.7 Å². The number of thiol groups is 1. The Bertz CT molecular complexity index is 611. The summed E-state index contributed by atoms with van der Waals surface area (Å²) in [4.78, 5) is 2.03.